The molecule has 22 heavy (non-hydrogen) atoms. The van der Waals surface area contributed by atoms with Gasteiger partial charge in [-0.2, -0.15) is 0 Å². The number of para-hydroxylation sites is 1. The van der Waals surface area contributed by atoms with Crippen molar-refractivity contribution < 1.29 is 13.9 Å². The van der Waals surface area contributed by atoms with Crippen molar-refractivity contribution in [2.75, 3.05) is 0 Å². The molecule has 0 amide bonds. The Morgan fingerprint density at radius 3 is 2.55 bits per heavy atom. The molecule has 0 aliphatic rings. The van der Waals surface area contributed by atoms with E-state index in [0.717, 1.165) is 28.3 Å². The minimum Gasteiger partial charge on any atom is -0.503 e. The van der Waals surface area contributed by atoms with Crippen molar-refractivity contribution in [2.24, 2.45) is 4.99 Å². The lowest BCUT2D eigenvalue weighted by Crippen LogP contribution is -1.89. The Bertz CT molecular complexity index is 706. The first-order valence-corrected chi connectivity index (χ1v) is 7.57. The molecule has 0 unspecified atom stereocenters. The highest BCUT2D eigenvalue weighted by molar-refractivity contribution is 7.98. The number of thioether (sulfide) groups is 1. The van der Waals surface area contributed by atoms with E-state index < -0.39 is 17.4 Å². The molecule has 0 radical (unpaired) electrons. The molecule has 0 heterocycles. The number of phenolic OH excluding ortho intramolecular Hbond substituents is 1. The van der Waals surface area contributed by atoms with E-state index in [1.807, 2.05) is 37.3 Å². The van der Waals surface area contributed by atoms with Gasteiger partial charge in [-0.25, -0.2) is 8.78 Å². The molecule has 1 N–H and O–H groups in total. The molecule has 0 saturated heterocycles. The number of benzene rings is 2. The second-order valence-electron chi connectivity index (χ2n) is 4.55. The predicted octanol–water partition coefficient (Wildman–Crippen LogP) is 5.33. The van der Waals surface area contributed by atoms with Gasteiger partial charge >= 0.3 is 0 Å². The van der Waals surface area contributed by atoms with Crippen molar-refractivity contribution in [1.29, 1.82) is 0 Å². The summed E-state index contributed by atoms with van der Waals surface area (Å²) in [6.45, 7) is 5.49. The highest BCUT2D eigenvalue weighted by Crippen LogP contribution is 2.35. The van der Waals surface area contributed by atoms with Crippen LogP contribution in [0.2, 0.25) is 0 Å². The van der Waals surface area contributed by atoms with Gasteiger partial charge in [-0.1, -0.05) is 24.3 Å². The lowest BCUT2D eigenvalue weighted by molar-refractivity contribution is 0.395. The molecule has 2 nitrogen and oxygen atoms in total. The summed E-state index contributed by atoms with van der Waals surface area (Å²) in [5, 5.41) is 9.11. The normalized spacial score (nSPS) is 11.0. The summed E-state index contributed by atoms with van der Waals surface area (Å²) in [5.41, 5.74) is 2.13. The van der Waals surface area contributed by atoms with Crippen LogP contribution in [0.25, 0.3) is 6.08 Å². The van der Waals surface area contributed by atoms with Crippen LogP contribution in [-0.2, 0) is 5.75 Å². The summed E-state index contributed by atoms with van der Waals surface area (Å²) in [5.74, 6) is -2.51. The Morgan fingerprint density at radius 1 is 1.27 bits per heavy atom. The molecule has 0 saturated carbocycles. The van der Waals surface area contributed by atoms with Gasteiger partial charge in [0.1, 0.15) is 0 Å². The maximum absolute atomic E-state index is 13.3. The quantitative estimate of drug-likeness (QED) is 0.597. The maximum Gasteiger partial charge on any atom is 0.187 e. The van der Waals surface area contributed by atoms with Crippen LogP contribution < -0.4 is 0 Å². The van der Waals surface area contributed by atoms with E-state index in [1.54, 1.807) is 0 Å². The second-order valence-corrected chi connectivity index (χ2v) is 5.57. The smallest absolute Gasteiger partial charge is 0.187 e. The number of rotatable bonds is 5. The Labute approximate surface area is 132 Å². The summed E-state index contributed by atoms with van der Waals surface area (Å²) >= 11 is 1.41. The number of hydrogen-bond acceptors (Lipinski definition) is 3. The van der Waals surface area contributed by atoms with E-state index in [9.17, 15) is 8.78 Å². The maximum atomic E-state index is 13.3. The van der Waals surface area contributed by atoms with Gasteiger partial charge < -0.3 is 5.11 Å². The van der Waals surface area contributed by atoms with Crippen LogP contribution in [-0.4, -0.2) is 11.8 Å². The molecule has 5 heteroatoms. The van der Waals surface area contributed by atoms with Crippen LogP contribution in [0, 0.1) is 11.6 Å². The van der Waals surface area contributed by atoms with E-state index in [4.69, 9.17) is 5.11 Å². The molecule has 114 valence electrons. The van der Waals surface area contributed by atoms with Crippen molar-refractivity contribution in [3.05, 3.63) is 59.2 Å². The molecule has 0 spiro atoms. The zero-order valence-corrected chi connectivity index (χ0v) is 12.8. The minimum atomic E-state index is -0.958. The SMILES string of the molecule is C=Nc1c(/C=C\C)cccc1SCc1cc(F)c(O)c(F)c1. The molecule has 2 aromatic carbocycles. The number of nitrogens with zero attached hydrogens (tertiary/aromatic N) is 1. The third-order valence-corrected chi connectivity index (χ3v) is 4.12. The Kier molecular flexibility index (Phi) is 5.33. The number of allylic oxidation sites excluding steroid dienone is 1. The van der Waals surface area contributed by atoms with E-state index in [-0.39, 0.29) is 0 Å². The minimum absolute atomic E-state index is 0.357. The fraction of sp³-hybridized carbons (Fsp3) is 0.118. The second kappa shape index (κ2) is 7.22. The van der Waals surface area contributed by atoms with Crippen molar-refractivity contribution >= 4 is 30.2 Å². The summed E-state index contributed by atoms with van der Waals surface area (Å²) < 4.78 is 26.7. The zero-order chi connectivity index (χ0) is 16.1. The summed E-state index contributed by atoms with van der Waals surface area (Å²) in [6, 6.07) is 7.96. The number of hydrogen-bond donors (Lipinski definition) is 1. The third kappa shape index (κ3) is 3.54. The van der Waals surface area contributed by atoms with Gasteiger partial charge in [0, 0.05) is 16.2 Å². The van der Waals surface area contributed by atoms with Crippen LogP contribution in [0.15, 0.2) is 46.3 Å². The number of aliphatic imine (C=N–C) groups is 1. The molecule has 0 aliphatic heterocycles. The zero-order valence-electron chi connectivity index (χ0n) is 12.0. The Morgan fingerprint density at radius 2 is 1.95 bits per heavy atom. The fourth-order valence-corrected chi connectivity index (χ4v) is 2.98. The molecule has 0 atom stereocenters. The highest BCUT2D eigenvalue weighted by Gasteiger charge is 2.11. The van der Waals surface area contributed by atoms with Crippen LogP contribution in [0.4, 0.5) is 14.5 Å². The van der Waals surface area contributed by atoms with E-state index in [0.29, 0.717) is 11.3 Å². The van der Waals surface area contributed by atoms with E-state index in [2.05, 4.69) is 11.7 Å². The number of aromatic hydroxyl groups is 1. The molecular weight excluding hydrogens is 304 g/mol. The van der Waals surface area contributed by atoms with Crippen molar-refractivity contribution in [2.45, 2.75) is 17.6 Å². The van der Waals surface area contributed by atoms with E-state index >= 15 is 0 Å². The third-order valence-electron chi connectivity index (χ3n) is 3.01. The van der Waals surface area contributed by atoms with Gasteiger partial charge in [0.25, 0.3) is 0 Å². The fourth-order valence-electron chi connectivity index (χ4n) is 2.00. The number of phenols is 1. The first-order chi connectivity index (χ1) is 10.6. The molecular formula is C17H15F2NOS. The molecule has 0 aliphatic carbocycles. The van der Waals surface area contributed by atoms with Crippen LogP contribution in [0.5, 0.6) is 5.75 Å². The Balaban J connectivity index is 2.25. The van der Waals surface area contributed by atoms with Gasteiger partial charge in [0.05, 0.1) is 5.69 Å². The van der Waals surface area contributed by atoms with Crippen molar-refractivity contribution in [1.82, 2.24) is 0 Å². The van der Waals surface area contributed by atoms with Gasteiger partial charge in [-0.05, 0) is 37.4 Å². The van der Waals surface area contributed by atoms with Crippen LogP contribution in [0.1, 0.15) is 18.1 Å². The predicted molar refractivity (Wildman–Crippen MR) is 87.9 cm³/mol. The van der Waals surface area contributed by atoms with Crippen LogP contribution in [0.3, 0.4) is 0 Å². The molecule has 2 rings (SSSR count). The first-order valence-electron chi connectivity index (χ1n) is 6.59. The average molecular weight is 319 g/mol. The highest BCUT2D eigenvalue weighted by atomic mass is 32.2. The van der Waals surface area contributed by atoms with Crippen molar-refractivity contribution in [3.8, 4) is 5.75 Å². The van der Waals surface area contributed by atoms with Gasteiger partial charge in [-0.15, -0.1) is 11.8 Å². The molecule has 2 aromatic rings. The van der Waals surface area contributed by atoms with Gasteiger partial charge in [0.2, 0.25) is 0 Å². The monoisotopic (exact) mass is 319 g/mol. The summed E-state index contributed by atoms with van der Waals surface area (Å²) in [6.07, 6.45) is 3.83. The van der Waals surface area contributed by atoms with Crippen LogP contribution >= 0.6 is 11.8 Å². The summed E-state index contributed by atoms with van der Waals surface area (Å²) in [7, 11) is 0. The average Bonchev–Trinajstić information content (AvgIpc) is 2.50. The topological polar surface area (TPSA) is 32.6 Å². The number of halogens is 2. The van der Waals surface area contributed by atoms with Gasteiger partial charge in [-0.3, -0.25) is 4.99 Å². The lowest BCUT2D eigenvalue weighted by atomic mass is 10.1. The van der Waals surface area contributed by atoms with E-state index in [1.165, 1.54) is 11.8 Å². The molecule has 0 aromatic heterocycles. The lowest BCUT2D eigenvalue weighted by Gasteiger charge is -2.09. The molecule has 0 fully saturated rings. The van der Waals surface area contributed by atoms with Gasteiger partial charge in [0.15, 0.2) is 17.4 Å². The molecule has 0 bridgehead atoms. The largest absolute Gasteiger partial charge is 0.503 e. The first kappa shape index (κ1) is 16.2. The Hall–Kier alpha value is -2.14. The summed E-state index contributed by atoms with van der Waals surface area (Å²) in [4.78, 5) is 4.91. The standard InChI is InChI=1S/C17H15F2NOS/c1-3-5-12-6-4-7-15(16(12)20-2)22-10-11-8-13(18)17(21)14(19)9-11/h3-9,21H,2,10H2,1H3/b5-3-. The van der Waals surface area contributed by atoms with Crippen molar-refractivity contribution in [3.63, 3.8) is 0 Å².